The number of hydrogen-bond acceptors (Lipinski definition) is 2. The lowest BCUT2D eigenvalue weighted by molar-refractivity contribution is -0.123. The quantitative estimate of drug-likeness (QED) is 0.732. The zero-order valence-electron chi connectivity index (χ0n) is 10.3. The van der Waals surface area contributed by atoms with Crippen LogP contribution in [0.25, 0.3) is 0 Å². The number of carbonyl (C=O) groups excluding carboxylic acids is 1. The second-order valence-corrected chi connectivity index (χ2v) is 4.17. The Hall–Kier alpha value is -1.04. The fraction of sp³-hybridized carbons (Fsp3) is 0.833. The summed E-state index contributed by atoms with van der Waals surface area (Å²) >= 11 is 0. The molecule has 0 aromatic heterocycles. The molecule has 0 aromatic rings. The van der Waals surface area contributed by atoms with Crippen LogP contribution in [0.4, 0.5) is 0 Å². The van der Waals surface area contributed by atoms with E-state index in [1.807, 2.05) is 20.8 Å². The molecule has 0 fully saturated rings. The Labute approximate surface area is 92.9 Å². The van der Waals surface area contributed by atoms with E-state index in [1.165, 1.54) is 0 Å². The molecule has 3 nitrogen and oxygen atoms in total. The third kappa shape index (κ3) is 4.33. The average molecular weight is 210 g/mol. The minimum Gasteiger partial charge on any atom is -0.338 e. The zero-order chi connectivity index (χ0) is 11.9. The molecule has 0 radical (unpaired) electrons. The molecule has 3 heteroatoms. The molecule has 15 heavy (non-hydrogen) atoms. The van der Waals surface area contributed by atoms with E-state index in [1.54, 1.807) is 0 Å². The predicted octanol–water partition coefficient (Wildman–Crippen LogP) is 2.62. The van der Waals surface area contributed by atoms with Crippen LogP contribution in [-0.4, -0.2) is 11.4 Å². The van der Waals surface area contributed by atoms with Crippen LogP contribution in [-0.2, 0) is 4.79 Å². The molecule has 0 spiro atoms. The number of rotatable bonds is 6. The minimum atomic E-state index is -0.662. The van der Waals surface area contributed by atoms with Gasteiger partial charge in [-0.1, -0.05) is 34.1 Å². The van der Waals surface area contributed by atoms with Crippen LogP contribution in [0, 0.1) is 17.2 Å². The van der Waals surface area contributed by atoms with Gasteiger partial charge in [0.25, 0.3) is 0 Å². The van der Waals surface area contributed by atoms with Crippen molar-refractivity contribution in [1.82, 2.24) is 5.32 Å². The Morgan fingerprint density at radius 3 is 2.27 bits per heavy atom. The normalized spacial score (nSPS) is 13.0. The van der Waals surface area contributed by atoms with Gasteiger partial charge in [0.2, 0.25) is 5.91 Å². The van der Waals surface area contributed by atoms with Crippen LogP contribution in [0.2, 0.25) is 0 Å². The SMILES string of the molecule is CCC(C)CC(=O)NC(C#N)(CC)CC. The first-order valence-electron chi connectivity index (χ1n) is 5.75. The summed E-state index contributed by atoms with van der Waals surface area (Å²) in [5, 5.41) is 11.9. The lowest BCUT2D eigenvalue weighted by Gasteiger charge is -2.25. The monoisotopic (exact) mass is 210 g/mol. The van der Waals surface area contributed by atoms with Crippen molar-refractivity contribution in [2.75, 3.05) is 0 Å². The standard InChI is InChI=1S/C12H22N2O/c1-5-10(4)8-11(15)14-12(6-2,7-3)9-13/h10H,5-8H2,1-4H3,(H,14,15). The molecule has 1 amide bonds. The van der Waals surface area contributed by atoms with Crippen LogP contribution < -0.4 is 5.32 Å². The van der Waals surface area contributed by atoms with Crippen molar-refractivity contribution in [3.05, 3.63) is 0 Å². The molecule has 0 heterocycles. The highest BCUT2D eigenvalue weighted by molar-refractivity contribution is 5.77. The van der Waals surface area contributed by atoms with Gasteiger partial charge >= 0.3 is 0 Å². The Morgan fingerprint density at radius 2 is 1.93 bits per heavy atom. The van der Waals surface area contributed by atoms with Gasteiger partial charge < -0.3 is 5.32 Å². The molecule has 0 rings (SSSR count). The van der Waals surface area contributed by atoms with Crippen molar-refractivity contribution in [2.24, 2.45) is 5.92 Å². The molecule has 0 aliphatic heterocycles. The smallest absolute Gasteiger partial charge is 0.221 e. The molecule has 86 valence electrons. The van der Waals surface area contributed by atoms with Gasteiger partial charge in [-0.05, 0) is 18.8 Å². The molecule has 0 bridgehead atoms. The van der Waals surface area contributed by atoms with Crippen LogP contribution in [0.15, 0.2) is 0 Å². The molecule has 0 saturated carbocycles. The van der Waals surface area contributed by atoms with E-state index in [0.717, 1.165) is 6.42 Å². The molecule has 1 N–H and O–H groups in total. The highest BCUT2D eigenvalue weighted by atomic mass is 16.1. The van der Waals surface area contributed by atoms with Gasteiger partial charge in [-0.15, -0.1) is 0 Å². The van der Waals surface area contributed by atoms with Crippen molar-refractivity contribution in [2.45, 2.75) is 58.9 Å². The van der Waals surface area contributed by atoms with E-state index in [-0.39, 0.29) is 5.91 Å². The van der Waals surface area contributed by atoms with E-state index >= 15 is 0 Å². The number of hydrogen-bond donors (Lipinski definition) is 1. The lowest BCUT2D eigenvalue weighted by Crippen LogP contribution is -2.46. The molecule has 0 aliphatic carbocycles. The largest absolute Gasteiger partial charge is 0.338 e. The average Bonchev–Trinajstić information content (AvgIpc) is 2.26. The molecule has 0 aromatic carbocycles. The van der Waals surface area contributed by atoms with E-state index in [2.05, 4.69) is 18.3 Å². The maximum absolute atomic E-state index is 11.6. The Kier molecular flexibility index (Phi) is 6.00. The van der Waals surface area contributed by atoms with Gasteiger partial charge in [0.05, 0.1) is 6.07 Å². The summed E-state index contributed by atoms with van der Waals surface area (Å²) in [6, 6.07) is 2.21. The fourth-order valence-corrected chi connectivity index (χ4v) is 1.39. The Morgan fingerprint density at radius 1 is 1.40 bits per heavy atom. The summed E-state index contributed by atoms with van der Waals surface area (Å²) < 4.78 is 0. The van der Waals surface area contributed by atoms with Gasteiger partial charge in [0.15, 0.2) is 0 Å². The van der Waals surface area contributed by atoms with E-state index in [9.17, 15) is 4.79 Å². The van der Waals surface area contributed by atoms with Gasteiger partial charge in [-0.25, -0.2) is 0 Å². The lowest BCUT2D eigenvalue weighted by atomic mass is 9.94. The molecule has 1 unspecified atom stereocenters. The van der Waals surface area contributed by atoms with E-state index in [0.29, 0.717) is 25.2 Å². The third-order valence-corrected chi connectivity index (χ3v) is 3.03. The van der Waals surface area contributed by atoms with Crippen molar-refractivity contribution >= 4 is 5.91 Å². The van der Waals surface area contributed by atoms with Gasteiger partial charge in [-0.2, -0.15) is 5.26 Å². The number of nitrogens with zero attached hydrogens (tertiary/aromatic N) is 1. The second kappa shape index (κ2) is 6.44. The summed E-state index contributed by atoms with van der Waals surface area (Å²) in [5.74, 6) is 0.379. The fourth-order valence-electron chi connectivity index (χ4n) is 1.39. The van der Waals surface area contributed by atoms with Crippen LogP contribution >= 0.6 is 0 Å². The highest BCUT2D eigenvalue weighted by Crippen LogP contribution is 2.15. The Balaban J connectivity index is 4.31. The molecule has 0 aliphatic rings. The number of amides is 1. The number of nitrogens with one attached hydrogen (secondary N) is 1. The third-order valence-electron chi connectivity index (χ3n) is 3.03. The molecule has 0 saturated heterocycles. The van der Waals surface area contributed by atoms with Crippen LogP contribution in [0.3, 0.4) is 0 Å². The van der Waals surface area contributed by atoms with Gasteiger partial charge in [0.1, 0.15) is 5.54 Å². The maximum Gasteiger partial charge on any atom is 0.221 e. The number of nitriles is 1. The highest BCUT2D eigenvalue weighted by Gasteiger charge is 2.27. The molecular formula is C12H22N2O. The van der Waals surface area contributed by atoms with Crippen molar-refractivity contribution in [3.63, 3.8) is 0 Å². The minimum absolute atomic E-state index is 0.00500. The zero-order valence-corrected chi connectivity index (χ0v) is 10.3. The van der Waals surface area contributed by atoms with E-state index < -0.39 is 5.54 Å². The van der Waals surface area contributed by atoms with Crippen LogP contribution in [0.1, 0.15) is 53.4 Å². The second-order valence-electron chi connectivity index (χ2n) is 4.17. The first kappa shape index (κ1) is 14.0. The summed E-state index contributed by atoms with van der Waals surface area (Å²) in [7, 11) is 0. The Bertz CT molecular complexity index is 238. The van der Waals surface area contributed by atoms with E-state index in [4.69, 9.17) is 5.26 Å². The first-order valence-corrected chi connectivity index (χ1v) is 5.75. The topological polar surface area (TPSA) is 52.9 Å². The summed E-state index contributed by atoms with van der Waals surface area (Å²) in [6.07, 6.45) is 2.82. The number of carbonyl (C=O) groups is 1. The van der Waals surface area contributed by atoms with Gasteiger partial charge in [-0.3, -0.25) is 4.79 Å². The maximum atomic E-state index is 11.6. The van der Waals surface area contributed by atoms with Crippen molar-refractivity contribution in [1.29, 1.82) is 5.26 Å². The summed E-state index contributed by atoms with van der Waals surface area (Å²) in [6.45, 7) is 7.97. The van der Waals surface area contributed by atoms with Crippen LogP contribution in [0.5, 0.6) is 0 Å². The van der Waals surface area contributed by atoms with Crippen molar-refractivity contribution < 1.29 is 4.79 Å². The predicted molar refractivity (Wildman–Crippen MR) is 61.1 cm³/mol. The van der Waals surface area contributed by atoms with Crippen molar-refractivity contribution in [3.8, 4) is 6.07 Å². The first-order chi connectivity index (χ1) is 7.03. The molecular weight excluding hydrogens is 188 g/mol. The molecule has 1 atom stereocenters. The summed E-state index contributed by atoms with van der Waals surface area (Å²) in [4.78, 5) is 11.6. The summed E-state index contributed by atoms with van der Waals surface area (Å²) in [5.41, 5.74) is -0.662. The van der Waals surface area contributed by atoms with Gasteiger partial charge in [0, 0.05) is 6.42 Å².